The standard InChI is InChI=1S/C16H12N2S/c17-12-7-3-1-5-10(12)15-9-14-16(19-15)11-6-2-4-8-13(11)18-14/h1-9,18H,17H2. The zero-order valence-electron chi connectivity index (χ0n) is 10.2. The van der Waals surface area contributed by atoms with Gasteiger partial charge < -0.3 is 10.7 Å². The van der Waals surface area contributed by atoms with Gasteiger partial charge in [0.15, 0.2) is 0 Å². The molecule has 0 aliphatic heterocycles. The largest absolute Gasteiger partial charge is 0.398 e. The van der Waals surface area contributed by atoms with Crippen LogP contribution in [-0.2, 0) is 0 Å². The second kappa shape index (κ2) is 3.87. The summed E-state index contributed by atoms with van der Waals surface area (Å²) >= 11 is 1.79. The van der Waals surface area contributed by atoms with Crippen molar-refractivity contribution in [3.8, 4) is 10.4 Å². The summed E-state index contributed by atoms with van der Waals surface area (Å²) in [6.45, 7) is 0. The number of aromatic amines is 1. The van der Waals surface area contributed by atoms with Crippen LogP contribution in [0.15, 0.2) is 54.6 Å². The van der Waals surface area contributed by atoms with Gasteiger partial charge in [-0.05, 0) is 18.2 Å². The van der Waals surface area contributed by atoms with E-state index < -0.39 is 0 Å². The first-order valence-corrected chi connectivity index (χ1v) is 7.00. The van der Waals surface area contributed by atoms with Crippen LogP contribution in [0.2, 0.25) is 0 Å². The Morgan fingerprint density at radius 1 is 0.895 bits per heavy atom. The Morgan fingerprint density at radius 2 is 1.68 bits per heavy atom. The lowest BCUT2D eigenvalue weighted by atomic mass is 10.1. The highest BCUT2D eigenvalue weighted by Crippen LogP contribution is 2.39. The average Bonchev–Trinajstić information content (AvgIpc) is 2.96. The molecule has 0 atom stereocenters. The molecule has 0 amide bonds. The monoisotopic (exact) mass is 264 g/mol. The molecule has 92 valence electrons. The van der Waals surface area contributed by atoms with Crippen molar-refractivity contribution in [2.45, 2.75) is 0 Å². The highest BCUT2D eigenvalue weighted by Gasteiger charge is 2.10. The van der Waals surface area contributed by atoms with E-state index in [0.717, 1.165) is 11.3 Å². The van der Waals surface area contributed by atoms with E-state index in [1.165, 1.54) is 26.0 Å². The maximum Gasteiger partial charge on any atom is 0.0605 e. The number of nitrogens with two attached hydrogens (primary N) is 1. The SMILES string of the molecule is Nc1ccccc1-c1cc2[nH]c3ccccc3c2s1. The van der Waals surface area contributed by atoms with E-state index in [1.807, 2.05) is 18.2 Å². The van der Waals surface area contributed by atoms with E-state index in [9.17, 15) is 0 Å². The predicted octanol–water partition coefficient (Wildman–Crippen LogP) is 4.63. The van der Waals surface area contributed by atoms with Crippen molar-refractivity contribution in [2.75, 3.05) is 5.73 Å². The lowest BCUT2D eigenvalue weighted by Crippen LogP contribution is -1.86. The molecular formula is C16H12N2S. The van der Waals surface area contributed by atoms with Crippen LogP contribution in [0.5, 0.6) is 0 Å². The smallest absolute Gasteiger partial charge is 0.0605 e. The van der Waals surface area contributed by atoms with Gasteiger partial charge in [-0.3, -0.25) is 0 Å². The Hall–Kier alpha value is -2.26. The molecule has 4 aromatic rings. The molecule has 0 fully saturated rings. The predicted molar refractivity (Wildman–Crippen MR) is 83.5 cm³/mol. The quantitative estimate of drug-likeness (QED) is 0.483. The van der Waals surface area contributed by atoms with E-state index in [0.29, 0.717) is 0 Å². The topological polar surface area (TPSA) is 41.8 Å². The Bertz CT molecular complexity index is 886. The highest BCUT2D eigenvalue weighted by molar-refractivity contribution is 7.23. The highest BCUT2D eigenvalue weighted by atomic mass is 32.1. The van der Waals surface area contributed by atoms with Gasteiger partial charge in [-0.15, -0.1) is 11.3 Å². The Labute approximate surface area is 114 Å². The van der Waals surface area contributed by atoms with Gasteiger partial charge in [0.05, 0.1) is 10.2 Å². The number of benzene rings is 2. The van der Waals surface area contributed by atoms with Crippen molar-refractivity contribution in [1.29, 1.82) is 0 Å². The van der Waals surface area contributed by atoms with Gasteiger partial charge in [0.2, 0.25) is 0 Å². The molecule has 2 nitrogen and oxygen atoms in total. The number of para-hydroxylation sites is 2. The molecule has 0 saturated heterocycles. The lowest BCUT2D eigenvalue weighted by Gasteiger charge is -2.01. The molecule has 0 radical (unpaired) electrons. The third kappa shape index (κ3) is 1.55. The normalized spacial score (nSPS) is 11.4. The summed E-state index contributed by atoms with van der Waals surface area (Å²) in [4.78, 5) is 4.67. The number of anilines is 1. The maximum atomic E-state index is 6.05. The molecule has 2 aromatic carbocycles. The second-order valence-electron chi connectivity index (χ2n) is 4.61. The van der Waals surface area contributed by atoms with Crippen LogP contribution in [0.25, 0.3) is 31.6 Å². The molecule has 19 heavy (non-hydrogen) atoms. The molecule has 3 heteroatoms. The molecule has 0 aliphatic carbocycles. The summed E-state index contributed by atoms with van der Waals surface area (Å²) < 4.78 is 1.30. The van der Waals surface area contributed by atoms with Crippen LogP contribution in [0.4, 0.5) is 5.69 Å². The molecular weight excluding hydrogens is 252 g/mol. The van der Waals surface area contributed by atoms with Gasteiger partial charge in [0, 0.05) is 27.0 Å². The molecule has 0 bridgehead atoms. The summed E-state index contributed by atoms with van der Waals surface area (Å²) in [7, 11) is 0. The molecule has 0 aliphatic rings. The van der Waals surface area contributed by atoms with Gasteiger partial charge in [-0.2, -0.15) is 0 Å². The number of rotatable bonds is 1. The van der Waals surface area contributed by atoms with Crippen LogP contribution in [0.3, 0.4) is 0 Å². The number of fused-ring (bicyclic) bond motifs is 3. The Balaban J connectivity index is 2.00. The third-order valence-electron chi connectivity index (χ3n) is 3.40. The van der Waals surface area contributed by atoms with E-state index in [1.54, 1.807) is 11.3 Å². The maximum absolute atomic E-state index is 6.05. The van der Waals surface area contributed by atoms with Gasteiger partial charge in [-0.25, -0.2) is 0 Å². The zero-order chi connectivity index (χ0) is 12.8. The van der Waals surface area contributed by atoms with E-state index in [-0.39, 0.29) is 0 Å². The van der Waals surface area contributed by atoms with E-state index >= 15 is 0 Å². The van der Waals surface area contributed by atoms with Crippen molar-refractivity contribution in [2.24, 2.45) is 0 Å². The van der Waals surface area contributed by atoms with Crippen LogP contribution in [0.1, 0.15) is 0 Å². The first kappa shape index (κ1) is 10.6. The number of nitrogens with one attached hydrogen (secondary N) is 1. The number of aromatic nitrogens is 1. The molecule has 2 heterocycles. The Kier molecular flexibility index (Phi) is 2.17. The third-order valence-corrected chi connectivity index (χ3v) is 4.60. The number of nitrogen functional groups attached to an aromatic ring is 1. The number of hydrogen-bond donors (Lipinski definition) is 2. The van der Waals surface area contributed by atoms with Gasteiger partial charge in [0.25, 0.3) is 0 Å². The zero-order valence-corrected chi connectivity index (χ0v) is 11.0. The van der Waals surface area contributed by atoms with Crippen molar-refractivity contribution in [1.82, 2.24) is 4.98 Å². The molecule has 0 spiro atoms. The average molecular weight is 264 g/mol. The van der Waals surface area contributed by atoms with Gasteiger partial charge in [-0.1, -0.05) is 36.4 Å². The molecule has 3 N–H and O–H groups in total. The summed E-state index contributed by atoms with van der Waals surface area (Å²) in [6, 6.07) is 18.6. The van der Waals surface area contributed by atoms with Crippen molar-refractivity contribution in [3.05, 3.63) is 54.6 Å². The van der Waals surface area contributed by atoms with Crippen molar-refractivity contribution >= 4 is 38.1 Å². The minimum atomic E-state index is 0.829. The lowest BCUT2D eigenvalue weighted by molar-refractivity contribution is 1.55. The summed E-state index contributed by atoms with van der Waals surface area (Å²) in [5.41, 5.74) is 10.4. The molecule has 2 aromatic heterocycles. The number of hydrogen-bond acceptors (Lipinski definition) is 2. The molecule has 0 unspecified atom stereocenters. The minimum absolute atomic E-state index is 0.829. The van der Waals surface area contributed by atoms with Crippen LogP contribution >= 0.6 is 11.3 Å². The number of H-pyrrole nitrogens is 1. The van der Waals surface area contributed by atoms with Gasteiger partial charge >= 0.3 is 0 Å². The molecule has 4 rings (SSSR count). The summed E-state index contributed by atoms with van der Waals surface area (Å²) in [6.07, 6.45) is 0. The molecule has 0 saturated carbocycles. The van der Waals surface area contributed by atoms with E-state index in [2.05, 4.69) is 41.4 Å². The summed E-state index contributed by atoms with van der Waals surface area (Å²) in [5, 5.41) is 1.28. The first-order valence-electron chi connectivity index (χ1n) is 6.18. The van der Waals surface area contributed by atoms with Crippen LogP contribution in [0, 0.1) is 0 Å². The minimum Gasteiger partial charge on any atom is -0.398 e. The van der Waals surface area contributed by atoms with E-state index in [4.69, 9.17) is 5.73 Å². The van der Waals surface area contributed by atoms with Crippen LogP contribution in [-0.4, -0.2) is 4.98 Å². The van der Waals surface area contributed by atoms with Crippen molar-refractivity contribution in [3.63, 3.8) is 0 Å². The first-order chi connectivity index (χ1) is 9.33. The van der Waals surface area contributed by atoms with Gasteiger partial charge in [0.1, 0.15) is 0 Å². The fourth-order valence-corrected chi connectivity index (χ4v) is 3.67. The summed E-state index contributed by atoms with van der Waals surface area (Å²) in [5.74, 6) is 0. The number of thiophene rings is 1. The Morgan fingerprint density at radius 3 is 2.58 bits per heavy atom. The fourth-order valence-electron chi connectivity index (χ4n) is 2.47. The van der Waals surface area contributed by atoms with Crippen LogP contribution < -0.4 is 5.73 Å². The second-order valence-corrected chi connectivity index (χ2v) is 5.66. The fraction of sp³-hybridized carbons (Fsp3) is 0. The van der Waals surface area contributed by atoms with Crippen molar-refractivity contribution < 1.29 is 0 Å².